The van der Waals surface area contributed by atoms with Gasteiger partial charge in [0.25, 0.3) is 0 Å². The Morgan fingerprint density at radius 2 is 1.88 bits per heavy atom. The lowest BCUT2D eigenvalue weighted by Crippen LogP contribution is -2.26. The molecule has 0 bridgehead atoms. The Hall–Kier alpha value is -0.560. The molecule has 0 saturated heterocycles. The summed E-state index contributed by atoms with van der Waals surface area (Å²) in [6.45, 7) is 3.05. The summed E-state index contributed by atoms with van der Waals surface area (Å²) >= 11 is 9.73. The van der Waals surface area contributed by atoms with Gasteiger partial charge in [-0.3, -0.25) is 4.90 Å². The van der Waals surface area contributed by atoms with Crippen LogP contribution in [0.5, 0.6) is 0 Å². The maximum Gasteiger partial charge on any atom is 0.181 e. The second kappa shape index (κ2) is 8.21. The summed E-state index contributed by atoms with van der Waals surface area (Å²) in [5, 5.41) is 1.54. The first-order chi connectivity index (χ1) is 10.7. The average Bonchev–Trinajstić information content (AvgIpc) is 2.93. The third-order valence-electron chi connectivity index (χ3n) is 4.13. The van der Waals surface area contributed by atoms with Crippen LogP contribution in [0.1, 0.15) is 16.0 Å². The molecule has 4 rings (SSSR count). The van der Waals surface area contributed by atoms with Crippen molar-refractivity contribution in [1.29, 1.82) is 0 Å². The van der Waals surface area contributed by atoms with Crippen molar-refractivity contribution in [3.05, 3.63) is 45.3 Å². The minimum absolute atomic E-state index is 0. The summed E-state index contributed by atoms with van der Waals surface area (Å²) < 4.78 is 1.30. The molecule has 8 heteroatoms. The Balaban J connectivity index is 0.00000104. The molecule has 1 aromatic carbocycles. The van der Waals surface area contributed by atoms with Crippen molar-refractivity contribution in [2.24, 2.45) is 0 Å². The lowest BCUT2D eigenvalue weighted by atomic mass is 10.2. The number of thiazole rings is 1. The molecular formula is C16H18Cl3N3S2. The number of hydrogen-bond donors (Lipinski definition) is 1. The summed E-state index contributed by atoms with van der Waals surface area (Å²) in [4.78, 5) is 9.52. The SMILES string of the molecule is Cl.Cl.Nc1nc2sc3c(c2s1)CCN(Cc1ccccc1Cl)CC3. The predicted octanol–water partition coefficient (Wildman–Crippen LogP) is 5.04. The zero-order valence-electron chi connectivity index (χ0n) is 12.8. The van der Waals surface area contributed by atoms with Gasteiger partial charge in [-0.25, -0.2) is 4.98 Å². The molecule has 2 N–H and O–H groups in total. The van der Waals surface area contributed by atoms with Crippen molar-refractivity contribution in [1.82, 2.24) is 9.88 Å². The van der Waals surface area contributed by atoms with Gasteiger partial charge in [0.1, 0.15) is 4.83 Å². The smallest absolute Gasteiger partial charge is 0.181 e. The van der Waals surface area contributed by atoms with Gasteiger partial charge in [-0.2, -0.15) is 0 Å². The van der Waals surface area contributed by atoms with E-state index >= 15 is 0 Å². The van der Waals surface area contributed by atoms with E-state index in [0.717, 1.165) is 42.3 Å². The highest BCUT2D eigenvalue weighted by molar-refractivity contribution is 7.29. The van der Waals surface area contributed by atoms with Crippen LogP contribution in [0.3, 0.4) is 0 Å². The van der Waals surface area contributed by atoms with Gasteiger partial charge in [-0.1, -0.05) is 41.1 Å². The van der Waals surface area contributed by atoms with Crippen LogP contribution in [0, 0.1) is 0 Å². The summed E-state index contributed by atoms with van der Waals surface area (Å²) in [7, 11) is 0. The van der Waals surface area contributed by atoms with Crippen LogP contribution in [0.25, 0.3) is 9.53 Å². The predicted molar refractivity (Wildman–Crippen MR) is 111 cm³/mol. The molecule has 0 fully saturated rings. The van der Waals surface area contributed by atoms with Crippen LogP contribution in [-0.2, 0) is 19.4 Å². The molecule has 0 amide bonds. The van der Waals surface area contributed by atoms with E-state index in [9.17, 15) is 0 Å². The molecule has 0 saturated carbocycles. The van der Waals surface area contributed by atoms with E-state index in [2.05, 4.69) is 22.0 Å². The van der Waals surface area contributed by atoms with Crippen molar-refractivity contribution in [2.45, 2.75) is 19.4 Å². The maximum atomic E-state index is 6.29. The number of hydrogen-bond acceptors (Lipinski definition) is 5. The van der Waals surface area contributed by atoms with Crippen LogP contribution in [-0.4, -0.2) is 23.0 Å². The van der Waals surface area contributed by atoms with E-state index in [0.29, 0.717) is 5.13 Å². The van der Waals surface area contributed by atoms with Gasteiger partial charge in [-0.05, 0) is 30.0 Å². The number of nitrogens with two attached hydrogens (primary N) is 1. The molecule has 3 aromatic rings. The van der Waals surface area contributed by atoms with Crippen LogP contribution >= 0.6 is 59.1 Å². The highest BCUT2D eigenvalue weighted by Crippen LogP contribution is 2.38. The van der Waals surface area contributed by atoms with Gasteiger partial charge in [0.2, 0.25) is 0 Å². The first-order valence-electron chi connectivity index (χ1n) is 7.33. The van der Waals surface area contributed by atoms with Crippen molar-refractivity contribution >= 4 is 73.8 Å². The first-order valence-corrected chi connectivity index (χ1v) is 9.34. The molecule has 130 valence electrons. The Kier molecular flexibility index (Phi) is 6.76. The van der Waals surface area contributed by atoms with Crippen molar-refractivity contribution in [3.63, 3.8) is 0 Å². The number of thiophene rings is 1. The largest absolute Gasteiger partial charge is 0.375 e. The minimum Gasteiger partial charge on any atom is -0.375 e. The van der Waals surface area contributed by atoms with Crippen LogP contribution in [0.4, 0.5) is 5.13 Å². The van der Waals surface area contributed by atoms with Gasteiger partial charge in [0, 0.05) is 29.5 Å². The fourth-order valence-electron chi connectivity index (χ4n) is 3.01. The van der Waals surface area contributed by atoms with E-state index in [-0.39, 0.29) is 24.8 Å². The van der Waals surface area contributed by atoms with E-state index < -0.39 is 0 Å². The number of anilines is 1. The van der Waals surface area contributed by atoms with Crippen molar-refractivity contribution in [3.8, 4) is 0 Å². The number of halogens is 3. The molecule has 0 atom stereocenters. The maximum absolute atomic E-state index is 6.29. The Labute approximate surface area is 166 Å². The van der Waals surface area contributed by atoms with Crippen LogP contribution in [0.15, 0.2) is 24.3 Å². The first kappa shape index (κ1) is 19.8. The molecule has 3 heterocycles. The van der Waals surface area contributed by atoms with Gasteiger partial charge in [-0.15, -0.1) is 36.2 Å². The molecule has 1 aliphatic rings. The Morgan fingerprint density at radius 1 is 1.12 bits per heavy atom. The summed E-state index contributed by atoms with van der Waals surface area (Å²) in [6.07, 6.45) is 2.16. The van der Waals surface area contributed by atoms with Gasteiger partial charge >= 0.3 is 0 Å². The molecule has 24 heavy (non-hydrogen) atoms. The molecule has 0 unspecified atom stereocenters. The molecule has 0 radical (unpaired) electrons. The Morgan fingerprint density at radius 3 is 2.67 bits per heavy atom. The summed E-state index contributed by atoms with van der Waals surface area (Å²) in [6, 6.07) is 8.12. The van der Waals surface area contributed by atoms with Crippen molar-refractivity contribution < 1.29 is 0 Å². The number of nitrogens with zero attached hydrogens (tertiary/aromatic N) is 2. The number of nitrogen functional groups attached to an aromatic ring is 1. The summed E-state index contributed by atoms with van der Waals surface area (Å²) in [5.41, 5.74) is 8.52. The van der Waals surface area contributed by atoms with E-state index in [4.69, 9.17) is 17.3 Å². The van der Waals surface area contributed by atoms with Gasteiger partial charge in [0.05, 0.1) is 4.70 Å². The van der Waals surface area contributed by atoms with Crippen LogP contribution < -0.4 is 5.73 Å². The molecule has 0 spiro atoms. The number of benzene rings is 1. The van der Waals surface area contributed by atoms with Crippen molar-refractivity contribution in [2.75, 3.05) is 18.8 Å². The molecule has 3 nitrogen and oxygen atoms in total. The molecule has 1 aliphatic heterocycles. The Bertz CT molecular complexity index is 831. The second-order valence-electron chi connectivity index (χ2n) is 5.56. The van der Waals surface area contributed by atoms with Gasteiger partial charge in [0.15, 0.2) is 5.13 Å². The molecule has 0 aliphatic carbocycles. The zero-order chi connectivity index (χ0) is 15.1. The van der Waals surface area contributed by atoms with E-state index in [1.165, 1.54) is 20.7 Å². The standard InChI is InChI=1S/C16H16ClN3S2.2ClH/c17-12-4-2-1-3-10(12)9-20-7-5-11-13(6-8-20)21-15-14(11)22-16(18)19-15;;/h1-4H,5-9H2,(H2,18,19);2*1H. The van der Waals surface area contributed by atoms with Gasteiger partial charge < -0.3 is 5.73 Å². The molecular weight excluding hydrogens is 405 g/mol. The number of fused-ring (bicyclic) bond motifs is 3. The third kappa shape index (κ3) is 3.82. The topological polar surface area (TPSA) is 42.1 Å². The number of aromatic nitrogens is 1. The third-order valence-corrected chi connectivity index (χ3v) is 6.76. The van der Waals surface area contributed by atoms with Crippen LogP contribution in [0.2, 0.25) is 5.02 Å². The quantitative estimate of drug-likeness (QED) is 0.629. The lowest BCUT2D eigenvalue weighted by molar-refractivity contribution is 0.280. The summed E-state index contributed by atoms with van der Waals surface area (Å²) in [5.74, 6) is 0. The monoisotopic (exact) mass is 421 g/mol. The fourth-order valence-corrected chi connectivity index (χ4v) is 5.52. The molecule has 2 aromatic heterocycles. The van der Waals surface area contributed by atoms with E-state index in [1.54, 1.807) is 11.3 Å². The highest BCUT2D eigenvalue weighted by Gasteiger charge is 2.21. The highest BCUT2D eigenvalue weighted by atomic mass is 35.5. The number of rotatable bonds is 2. The lowest BCUT2D eigenvalue weighted by Gasteiger charge is -2.20. The zero-order valence-corrected chi connectivity index (χ0v) is 16.8. The second-order valence-corrected chi connectivity index (χ2v) is 8.08. The average molecular weight is 423 g/mol. The van der Waals surface area contributed by atoms with E-state index in [1.807, 2.05) is 23.5 Å². The minimum atomic E-state index is 0. The fraction of sp³-hybridized carbons (Fsp3) is 0.312. The normalized spacial score (nSPS) is 14.5.